The highest BCUT2D eigenvalue weighted by Gasteiger charge is 2.62. The van der Waals surface area contributed by atoms with Crippen LogP contribution in [0, 0.1) is 27.4 Å². The number of aromatic nitrogens is 1. The molecule has 8 rings (SSSR count). The van der Waals surface area contributed by atoms with Gasteiger partial charge in [0.2, 0.25) is 5.75 Å². The minimum absolute atomic E-state index is 0.119. The Morgan fingerprint density at radius 3 is 2.40 bits per heavy atom. The van der Waals surface area contributed by atoms with E-state index in [4.69, 9.17) is 14.2 Å². The summed E-state index contributed by atoms with van der Waals surface area (Å²) >= 11 is 0. The molecule has 4 saturated carbocycles. The second-order valence-corrected chi connectivity index (χ2v) is 12.4. The van der Waals surface area contributed by atoms with Crippen LogP contribution in [0.4, 0.5) is 5.69 Å². The fourth-order valence-corrected chi connectivity index (χ4v) is 8.12. The summed E-state index contributed by atoms with van der Waals surface area (Å²) in [6, 6.07) is 25.7. The van der Waals surface area contributed by atoms with Crippen molar-refractivity contribution in [3.05, 3.63) is 119 Å². The number of nitro groups is 1. The first-order valence-corrected chi connectivity index (χ1v) is 14.8. The SMILES string of the molecule is O=C(Oc1cccnc1)C12CC3CC(C1)CC(c1ccccc1Oc1ccc([N+](=O)[O-])c(OCc4ccccc4)c1)(C3)C2. The summed E-state index contributed by atoms with van der Waals surface area (Å²) in [6.45, 7) is 0.199. The van der Waals surface area contributed by atoms with Crippen LogP contribution in [0.15, 0.2) is 97.3 Å². The van der Waals surface area contributed by atoms with E-state index in [0.29, 0.717) is 35.5 Å². The number of hydrogen-bond donors (Lipinski definition) is 0. The molecule has 4 bridgehead atoms. The van der Waals surface area contributed by atoms with E-state index in [1.807, 2.05) is 48.5 Å². The highest BCUT2D eigenvalue weighted by molar-refractivity contribution is 5.80. The number of nitro benzene ring substituents is 1. The van der Waals surface area contributed by atoms with Crippen molar-refractivity contribution in [1.29, 1.82) is 0 Å². The molecule has 0 spiro atoms. The van der Waals surface area contributed by atoms with Gasteiger partial charge in [0.25, 0.3) is 0 Å². The van der Waals surface area contributed by atoms with E-state index in [-0.39, 0.29) is 29.4 Å². The summed E-state index contributed by atoms with van der Waals surface area (Å²) in [4.78, 5) is 29.2. The number of carbonyl (C=O) groups excluding carboxylic acids is 1. The fraction of sp³-hybridized carbons (Fsp3) is 0.314. The van der Waals surface area contributed by atoms with Gasteiger partial charge in [-0.3, -0.25) is 19.9 Å². The van der Waals surface area contributed by atoms with Crippen LogP contribution in [0.25, 0.3) is 0 Å². The highest BCUT2D eigenvalue weighted by atomic mass is 16.6. The normalized spacial score (nSPS) is 25.2. The van der Waals surface area contributed by atoms with Crippen molar-refractivity contribution in [2.45, 2.75) is 50.5 Å². The molecule has 8 heteroatoms. The van der Waals surface area contributed by atoms with Gasteiger partial charge in [-0.15, -0.1) is 0 Å². The molecular weight excluding hydrogens is 544 g/mol. The lowest BCUT2D eigenvalue weighted by Gasteiger charge is -2.61. The topological polar surface area (TPSA) is 101 Å². The van der Waals surface area contributed by atoms with Crippen LogP contribution >= 0.6 is 0 Å². The molecule has 2 unspecified atom stereocenters. The fourth-order valence-electron chi connectivity index (χ4n) is 8.12. The molecule has 0 N–H and O–H groups in total. The standard InChI is InChI=1S/C35H32N2O6/c38-33(43-28-9-6-14-36-21-28)35-19-25-15-26(20-35)18-34(17-25,23-35)29-10-4-5-11-31(29)42-27-12-13-30(37(39)40)32(16-27)41-22-24-7-2-1-3-8-24/h1-14,16,21,25-26H,15,17-20,22-23H2. The van der Waals surface area contributed by atoms with Gasteiger partial charge in [0.1, 0.15) is 23.9 Å². The summed E-state index contributed by atoms with van der Waals surface area (Å²) in [5.41, 5.74) is 1.10. The Morgan fingerprint density at radius 2 is 1.65 bits per heavy atom. The molecule has 3 aromatic carbocycles. The zero-order chi connectivity index (χ0) is 29.4. The molecule has 8 nitrogen and oxygen atoms in total. The first kappa shape index (κ1) is 27.1. The van der Waals surface area contributed by atoms with E-state index < -0.39 is 10.3 Å². The van der Waals surface area contributed by atoms with Crippen LogP contribution in [0.3, 0.4) is 0 Å². The van der Waals surface area contributed by atoms with E-state index in [2.05, 4.69) is 11.1 Å². The Bertz CT molecular complexity index is 1640. The number of para-hydroxylation sites is 1. The predicted octanol–water partition coefficient (Wildman–Crippen LogP) is 7.80. The second kappa shape index (κ2) is 10.8. The average Bonchev–Trinajstić information content (AvgIpc) is 3.00. The van der Waals surface area contributed by atoms with E-state index in [1.165, 1.54) is 6.07 Å². The summed E-state index contributed by atoms with van der Waals surface area (Å²) in [6.07, 6.45) is 8.77. The van der Waals surface area contributed by atoms with Crippen molar-refractivity contribution in [1.82, 2.24) is 4.98 Å². The third-order valence-electron chi connectivity index (χ3n) is 9.39. The van der Waals surface area contributed by atoms with Crippen LogP contribution in [-0.4, -0.2) is 15.9 Å². The predicted molar refractivity (Wildman–Crippen MR) is 159 cm³/mol. The van der Waals surface area contributed by atoms with Crippen molar-refractivity contribution >= 4 is 11.7 Å². The van der Waals surface area contributed by atoms with Crippen LogP contribution in [0.1, 0.15) is 49.7 Å². The Kier molecular flexibility index (Phi) is 6.84. The monoisotopic (exact) mass is 576 g/mol. The minimum atomic E-state index is -0.543. The molecule has 0 aliphatic heterocycles. The van der Waals surface area contributed by atoms with Crippen molar-refractivity contribution in [2.75, 3.05) is 0 Å². The first-order chi connectivity index (χ1) is 20.9. The molecule has 4 fully saturated rings. The van der Waals surface area contributed by atoms with E-state index in [1.54, 1.807) is 36.7 Å². The molecule has 0 saturated heterocycles. The van der Waals surface area contributed by atoms with E-state index in [9.17, 15) is 14.9 Å². The maximum Gasteiger partial charge on any atom is 0.317 e. The molecule has 4 aliphatic rings. The smallest absolute Gasteiger partial charge is 0.317 e. The zero-order valence-electron chi connectivity index (χ0n) is 23.7. The number of esters is 1. The van der Waals surface area contributed by atoms with Crippen LogP contribution in [0.2, 0.25) is 0 Å². The Balaban J connectivity index is 1.18. The maximum atomic E-state index is 13.8. The molecule has 4 aliphatic carbocycles. The van der Waals surface area contributed by atoms with Crippen molar-refractivity contribution in [3.8, 4) is 23.0 Å². The van der Waals surface area contributed by atoms with Crippen LogP contribution in [0.5, 0.6) is 23.0 Å². The molecule has 1 heterocycles. The molecular formula is C35H32N2O6. The summed E-state index contributed by atoms with van der Waals surface area (Å²) in [5.74, 6) is 2.49. The number of ether oxygens (including phenoxy) is 3. The van der Waals surface area contributed by atoms with Gasteiger partial charge < -0.3 is 14.2 Å². The molecule has 0 radical (unpaired) electrons. The highest BCUT2D eigenvalue weighted by Crippen LogP contribution is 2.67. The molecule has 43 heavy (non-hydrogen) atoms. The third-order valence-corrected chi connectivity index (χ3v) is 9.39. The molecule has 1 aromatic heterocycles. The van der Waals surface area contributed by atoms with Crippen molar-refractivity contribution < 1.29 is 23.9 Å². The van der Waals surface area contributed by atoms with Crippen molar-refractivity contribution in [2.24, 2.45) is 17.3 Å². The number of benzene rings is 3. The van der Waals surface area contributed by atoms with Gasteiger partial charge in [0.15, 0.2) is 0 Å². The molecule has 2 atom stereocenters. The Labute approximate surface area is 249 Å². The maximum absolute atomic E-state index is 13.8. The Morgan fingerprint density at radius 1 is 0.884 bits per heavy atom. The third kappa shape index (κ3) is 5.22. The zero-order valence-corrected chi connectivity index (χ0v) is 23.7. The number of nitrogens with zero attached hydrogens (tertiary/aromatic N) is 2. The van der Waals surface area contributed by atoms with Gasteiger partial charge in [-0.05, 0) is 80.2 Å². The number of rotatable bonds is 9. The lowest BCUT2D eigenvalue weighted by Crippen LogP contribution is -2.57. The van der Waals surface area contributed by atoms with Crippen LogP contribution < -0.4 is 14.2 Å². The van der Waals surface area contributed by atoms with Gasteiger partial charge in [0.05, 0.1) is 16.5 Å². The lowest BCUT2D eigenvalue weighted by molar-refractivity contribution is -0.386. The average molecular weight is 577 g/mol. The summed E-state index contributed by atoms with van der Waals surface area (Å²) < 4.78 is 18.3. The van der Waals surface area contributed by atoms with E-state index >= 15 is 0 Å². The summed E-state index contributed by atoms with van der Waals surface area (Å²) in [7, 11) is 0. The summed E-state index contributed by atoms with van der Waals surface area (Å²) in [5, 5.41) is 11.8. The number of hydrogen-bond acceptors (Lipinski definition) is 7. The van der Waals surface area contributed by atoms with Gasteiger partial charge in [-0.25, -0.2) is 0 Å². The molecule has 218 valence electrons. The van der Waals surface area contributed by atoms with Gasteiger partial charge in [-0.2, -0.15) is 0 Å². The number of pyridine rings is 1. The van der Waals surface area contributed by atoms with Crippen molar-refractivity contribution in [3.63, 3.8) is 0 Å². The van der Waals surface area contributed by atoms with Crippen LogP contribution in [-0.2, 0) is 16.8 Å². The number of carbonyl (C=O) groups is 1. The first-order valence-electron chi connectivity index (χ1n) is 14.8. The lowest BCUT2D eigenvalue weighted by atomic mass is 9.43. The van der Waals surface area contributed by atoms with E-state index in [0.717, 1.165) is 43.2 Å². The molecule has 0 amide bonds. The Hall–Kier alpha value is -4.72. The van der Waals surface area contributed by atoms with Gasteiger partial charge in [-0.1, -0.05) is 48.5 Å². The van der Waals surface area contributed by atoms with Gasteiger partial charge >= 0.3 is 11.7 Å². The largest absolute Gasteiger partial charge is 0.482 e. The van der Waals surface area contributed by atoms with Gasteiger partial charge in [0, 0.05) is 29.3 Å². The molecule has 4 aromatic rings. The second-order valence-electron chi connectivity index (χ2n) is 12.4. The minimum Gasteiger partial charge on any atom is -0.482 e. The quantitative estimate of drug-likeness (QED) is 0.114.